The molecule has 6 nitrogen and oxygen atoms in total. The Morgan fingerprint density at radius 2 is 1.92 bits per heavy atom. The number of benzene rings is 1. The third-order valence-corrected chi connectivity index (χ3v) is 4.33. The van der Waals surface area contributed by atoms with Crippen molar-refractivity contribution in [2.75, 3.05) is 12.3 Å². The van der Waals surface area contributed by atoms with Crippen molar-refractivity contribution in [1.82, 2.24) is 15.6 Å². The van der Waals surface area contributed by atoms with Crippen molar-refractivity contribution in [3.8, 4) is 6.07 Å². The van der Waals surface area contributed by atoms with Gasteiger partial charge in [0.05, 0.1) is 11.8 Å². The number of pyridine rings is 1. The first-order valence-corrected chi connectivity index (χ1v) is 8.84. The van der Waals surface area contributed by atoms with E-state index in [1.165, 1.54) is 11.8 Å². The lowest BCUT2D eigenvalue weighted by molar-refractivity contribution is -0.122. The number of carbonyl (C=O) groups excluding carboxylic acids is 2. The molecule has 0 saturated heterocycles. The van der Waals surface area contributed by atoms with Crippen LogP contribution in [-0.4, -0.2) is 35.1 Å². The Hall–Kier alpha value is -2.85. The van der Waals surface area contributed by atoms with Gasteiger partial charge in [-0.3, -0.25) is 14.6 Å². The number of aromatic nitrogens is 1. The monoisotopic (exact) mass is 354 g/mol. The van der Waals surface area contributed by atoms with Crippen LogP contribution in [0.3, 0.4) is 0 Å². The zero-order valence-corrected chi connectivity index (χ0v) is 14.3. The summed E-state index contributed by atoms with van der Waals surface area (Å²) in [7, 11) is 0. The molecule has 0 unspecified atom stereocenters. The fourth-order valence-corrected chi connectivity index (χ4v) is 3.00. The second kappa shape index (κ2) is 10.1. The summed E-state index contributed by atoms with van der Waals surface area (Å²) < 4.78 is 0. The summed E-state index contributed by atoms with van der Waals surface area (Å²) in [6.45, 7) is -0.0958. The van der Waals surface area contributed by atoms with E-state index in [-0.39, 0.29) is 18.4 Å². The molecular formula is C18H18N4O2S. The molecule has 1 atom stereocenters. The zero-order valence-electron chi connectivity index (χ0n) is 13.5. The van der Waals surface area contributed by atoms with Crippen molar-refractivity contribution >= 4 is 23.6 Å². The molecule has 0 fully saturated rings. The lowest BCUT2D eigenvalue weighted by atomic mass is 10.2. The minimum Gasteiger partial charge on any atom is -0.341 e. The molecule has 0 aliphatic rings. The van der Waals surface area contributed by atoms with Crippen molar-refractivity contribution in [3.63, 3.8) is 0 Å². The summed E-state index contributed by atoms with van der Waals surface area (Å²) in [6.07, 6.45) is 1.71. The van der Waals surface area contributed by atoms with Crippen LogP contribution in [0.25, 0.3) is 0 Å². The van der Waals surface area contributed by atoms with Gasteiger partial charge in [0.25, 0.3) is 5.91 Å². The van der Waals surface area contributed by atoms with Gasteiger partial charge in [-0.15, -0.1) is 0 Å². The van der Waals surface area contributed by atoms with Gasteiger partial charge >= 0.3 is 0 Å². The summed E-state index contributed by atoms with van der Waals surface area (Å²) >= 11 is 1.49. The summed E-state index contributed by atoms with van der Waals surface area (Å²) in [5, 5.41) is 13.8. The predicted molar refractivity (Wildman–Crippen MR) is 96.7 cm³/mol. The van der Waals surface area contributed by atoms with Gasteiger partial charge in [-0.05, 0) is 24.3 Å². The molecule has 2 aromatic rings. The second-order valence-corrected chi connectivity index (χ2v) is 6.13. The first-order chi connectivity index (χ1) is 12.2. The van der Waals surface area contributed by atoms with E-state index < -0.39 is 6.04 Å². The van der Waals surface area contributed by atoms with Gasteiger partial charge in [-0.2, -0.15) is 17.0 Å². The Labute approximate surface area is 150 Å². The van der Waals surface area contributed by atoms with E-state index >= 15 is 0 Å². The SMILES string of the molecule is N#CCNC(=O)[C@H](CSCc1ccccn1)NC(=O)c1ccccc1. The summed E-state index contributed by atoms with van der Waals surface area (Å²) in [6, 6.07) is 15.5. The Bertz CT molecular complexity index is 732. The number of hydrogen-bond donors (Lipinski definition) is 2. The number of nitrogens with zero attached hydrogens (tertiary/aromatic N) is 2. The quantitative estimate of drug-likeness (QED) is 0.704. The highest BCUT2D eigenvalue weighted by molar-refractivity contribution is 7.98. The van der Waals surface area contributed by atoms with E-state index in [0.717, 1.165) is 5.69 Å². The van der Waals surface area contributed by atoms with Crippen LogP contribution >= 0.6 is 11.8 Å². The van der Waals surface area contributed by atoms with E-state index in [4.69, 9.17) is 5.26 Å². The third-order valence-electron chi connectivity index (χ3n) is 3.26. The maximum Gasteiger partial charge on any atom is 0.251 e. The van der Waals surface area contributed by atoms with Crippen LogP contribution < -0.4 is 10.6 Å². The molecule has 0 spiro atoms. The van der Waals surface area contributed by atoms with E-state index in [1.54, 1.807) is 30.5 Å². The first-order valence-electron chi connectivity index (χ1n) is 7.69. The molecule has 2 amide bonds. The Morgan fingerprint density at radius 1 is 1.16 bits per heavy atom. The van der Waals surface area contributed by atoms with Gasteiger partial charge in [0.1, 0.15) is 12.6 Å². The van der Waals surface area contributed by atoms with Crippen LogP contribution in [0.5, 0.6) is 0 Å². The molecule has 0 saturated carbocycles. The summed E-state index contributed by atoms with van der Waals surface area (Å²) in [5.41, 5.74) is 1.38. The smallest absolute Gasteiger partial charge is 0.251 e. The zero-order chi connectivity index (χ0) is 17.9. The Morgan fingerprint density at radius 3 is 2.60 bits per heavy atom. The van der Waals surface area contributed by atoms with Crippen LogP contribution in [-0.2, 0) is 10.5 Å². The minimum absolute atomic E-state index is 0.0958. The van der Waals surface area contributed by atoms with E-state index in [1.807, 2.05) is 30.3 Å². The van der Waals surface area contributed by atoms with Crippen molar-refractivity contribution < 1.29 is 9.59 Å². The average Bonchev–Trinajstić information content (AvgIpc) is 2.66. The molecule has 2 rings (SSSR count). The van der Waals surface area contributed by atoms with Crippen molar-refractivity contribution in [2.24, 2.45) is 0 Å². The number of thioether (sulfide) groups is 1. The van der Waals surface area contributed by atoms with Gasteiger partial charge in [0.15, 0.2) is 0 Å². The van der Waals surface area contributed by atoms with E-state index in [0.29, 0.717) is 17.1 Å². The molecule has 7 heteroatoms. The highest BCUT2D eigenvalue weighted by Crippen LogP contribution is 2.11. The van der Waals surface area contributed by atoms with Gasteiger partial charge in [0, 0.05) is 23.3 Å². The number of amides is 2. The fourth-order valence-electron chi connectivity index (χ4n) is 2.03. The molecular weight excluding hydrogens is 336 g/mol. The van der Waals surface area contributed by atoms with E-state index in [9.17, 15) is 9.59 Å². The third kappa shape index (κ3) is 6.28. The van der Waals surface area contributed by atoms with Crippen LogP contribution in [0.15, 0.2) is 54.7 Å². The largest absolute Gasteiger partial charge is 0.341 e. The molecule has 1 aromatic carbocycles. The molecule has 0 aliphatic heterocycles. The normalized spacial score (nSPS) is 11.2. The maximum absolute atomic E-state index is 12.3. The maximum atomic E-state index is 12.3. The van der Waals surface area contributed by atoms with Gasteiger partial charge in [0.2, 0.25) is 5.91 Å². The molecule has 1 heterocycles. The van der Waals surface area contributed by atoms with Gasteiger partial charge in [-0.25, -0.2) is 0 Å². The van der Waals surface area contributed by atoms with Crippen molar-refractivity contribution in [3.05, 3.63) is 66.0 Å². The average molecular weight is 354 g/mol. The molecule has 128 valence electrons. The predicted octanol–water partition coefficient (Wildman–Crippen LogP) is 1.75. The second-order valence-electron chi connectivity index (χ2n) is 5.10. The van der Waals surface area contributed by atoms with Crippen LogP contribution in [0.2, 0.25) is 0 Å². The fraction of sp³-hybridized carbons (Fsp3) is 0.222. The summed E-state index contributed by atoms with van der Waals surface area (Å²) in [4.78, 5) is 28.7. The van der Waals surface area contributed by atoms with Gasteiger partial charge in [-0.1, -0.05) is 24.3 Å². The molecule has 1 aromatic heterocycles. The first kappa shape index (κ1) is 18.5. The number of hydrogen-bond acceptors (Lipinski definition) is 5. The van der Waals surface area contributed by atoms with Crippen molar-refractivity contribution in [2.45, 2.75) is 11.8 Å². The number of carbonyl (C=O) groups is 2. The van der Waals surface area contributed by atoms with Crippen LogP contribution in [0.4, 0.5) is 0 Å². The topological polar surface area (TPSA) is 94.9 Å². The molecule has 2 N–H and O–H groups in total. The van der Waals surface area contributed by atoms with Crippen LogP contribution in [0, 0.1) is 11.3 Å². The number of nitriles is 1. The molecule has 0 aliphatic carbocycles. The highest BCUT2D eigenvalue weighted by atomic mass is 32.2. The lowest BCUT2D eigenvalue weighted by Gasteiger charge is -2.17. The number of nitrogens with one attached hydrogen (secondary N) is 2. The van der Waals surface area contributed by atoms with Gasteiger partial charge < -0.3 is 10.6 Å². The molecule has 25 heavy (non-hydrogen) atoms. The lowest BCUT2D eigenvalue weighted by Crippen LogP contribution is -2.48. The molecule has 0 radical (unpaired) electrons. The minimum atomic E-state index is -0.727. The highest BCUT2D eigenvalue weighted by Gasteiger charge is 2.21. The summed E-state index contributed by atoms with van der Waals surface area (Å²) in [5.74, 6) is 0.312. The van der Waals surface area contributed by atoms with E-state index in [2.05, 4.69) is 15.6 Å². The Balaban J connectivity index is 1.96. The van der Waals surface area contributed by atoms with Crippen LogP contribution in [0.1, 0.15) is 16.1 Å². The molecule has 0 bridgehead atoms. The Kier molecular flexibility index (Phi) is 7.47. The number of rotatable bonds is 8. The van der Waals surface area contributed by atoms with Crippen molar-refractivity contribution in [1.29, 1.82) is 5.26 Å². The standard InChI is InChI=1S/C18H18N4O2S/c19-9-11-21-18(24)16(13-25-12-15-8-4-5-10-20-15)22-17(23)14-6-2-1-3-7-14/h1-8,10,16H,11-13H2,(H,21,24)(H,22,23)/t16-/m0/s1.